The molecule has 1 fully saturated rings. The van der Waals surface area contributed by atoms with E-state index in [2.05, 4.69) is 50.4 Å². The Balaban J connectivity index is 1.95. The van der Waals surface area contributed by atoms with Crippen molar-refractivity contribution in [1.82, 2.24) is 5.32 Å². The van der Waals surface area contributed by atoms with Gasteiger partial charge in [-0.25, -0.2) is 0 Å². The maximum atomic E-state index is 5.64. The lowest BCUT2D eigenvalue weighted by molar-refractivity contribution is 0.163. The number of hydrogen-bond acceptors (Lipinski definition) is 2. The zero-order valence-electron chi connectivity index (χ0n) is 12.5. The van der Waals surface area contributed by atoms with E-state index in [0.29, 0.717) is 0 Å². The van der Waals surface area contributed by atoms with Crippen LogP contribution < -0.4 is 10.1 Å². The standard InChI is InChI=1S/C17H27NO/c1-4-11-19-14-9-7-13(8-10-14)16-12-17(18-6-3)15(16)5-2/h7-10,15-18H,4-6,11-12H2,1-3H3. The molecule has 1 aliphatic rings. The van der Waals surface area contributed by atoms with Crippen LogP contribution >= 0.6 is 0 Å². The molecule has 0 aliphatic heterocycles. The minimum atomic E-state index is 0.719. The van der Waals surface area contributed by atoms with Crippen LogP contribution in [0.25, 0.3) is 0 Å². The van der Waals surface area contributed by atoms with E-state index in [1.165, 1.54) is 18.4 Å². The van der Waals surface area contributed by atoms with Crippen LogP contribution in [0.4, 0.5) is 0 Å². The fraction of sp³-hybridized carbons (Fsp3) is 0.647. The number of hydrogen-bond donors (Lipinski definition) is 1. The van der Waals surface area contributed by atoms with Crippen LogP contribution in [0.15, 0.2) is 24.3 Å². The molecule has 0 radical (unpaired) electrons. The second-order valence-corrected chi connectivity index (χ2v) is 5.50. The largest absolute Gasteiger partial charge is 0.494 e. The van der Waals surface area contributed by atoms with Gasteiger partial charge in [-0.3, -0.25) is 0 Å². The van der Waals surface area contributed by atoms with Gasteiger partial charge in [0.05, 0.1) is 6.61 Å². The van der Waals surface area contributed by atoms with Gasteiger partial charge in [-0.15, -0.1) is 0 Å². The van der Waals surface area contributed by atoms with Crippen LogP contribution in [-0.2, 0) is 0 Å². The van der Waals surface area contributed by atoms with Gasteiger partial charge in [0, 0.05) is 6.04 Å². The fourth-order valence-electron chi connectivity index (χ4n) is 3.19. The highest BCUT2D eigenvalue weighted by atomic mass is 16.5. The SMILES string of the molecule is CCCOc1ccc(C2CC(NCC)C2CC)cc1. The Labute approximate surface area is 117 Å². The summed E-state index contributed by atoms with van der Waals surface area (Å²) in [6, 6.07) is 9.47. The molecule has 1 aromatic rings. The topological polar surface area (TPSA) is 21.3 Å². The van der Waals surface area contributed by atoms with Crippen molar-refractivity contribution in [2.24, 2.45) is 5.92 Å². The predicted octanol–water partition coefficient (Wildman–Crippen LogP) is 3.97. The maximum Gasteiger partial charge on any atom is 0.119 e. The van der Waals surface area contributed by atoms with Crippen LogP contribution in [0.2, 0.25) is 0 Å². The Hall–Kier alpha value is -1.02. The molecule has 2 heteroatoms. The molecule has 0 amide bonds. The Kier molecular flexibility index (Phi) is 5.26. The smallest absolute Gasteiger partial charge is 0.119 e. The molecule has 0 spiro atoms. The van der Waals surface area contributed by atoms with Crippen molar-refractivity contribution in [2.75, 3.05) is 13.2 Å². The first kappa shape index (κ1) is 14.4. The molecule has 3 atom stereocenters. The van der Waals surface area contributed by atoms with Crippen molar-refractivity contribution in [3.8, 4) is 5.75 Å². The van der Waals surface area contributed by atoms with Crippen molar-refractivity contribution in [3.63, 3.8) is 0 Å². The first-order chi connectivity index (χ1) is 9.30. The average molecular weight is 261 g/mol. The summed E-state index contributed by atoms with van der Waals surface area (Å²) in [4.78, 5) is 0. The van der Waals surface area contributed by atoms with E-state index < -0.39 is 0 Å². The van der Waals surface area contributed by atoms with Crippen LogP contribution in [0, 0.1) is 5.92 Å². The first-order valence-corrected chi connectivity index (χ1v) is 7.76. The highest BCUT2D eigenvalue weighted by Gasteiger charge is 2.39. The van der Waals surface area contributed by atoms with Gasteiger partial charge in [-0.05, 0) is 48.9 Å². The summed E-state index contributed by atoms with van der Waals surface area (Å²) in [7, 11) is 0. The normalized spacial score (nSPS) is 25.9. The Morgan fingerprint density at radius 2 is 1.89 bits per heavy atom. The summed E-state index contributed by atoms with van der Waals surface area (Å²) < 4.78 is 5.64. The quantitative estimate of drug-likeness (QED) is 0.802. The lowest BCUT2D eigenvalue weighted by atomic mass is 9.65. The highest BCUT2D eigenvalue weighted by Crippen LogP contribution is 2.44. The summed E-state index contributed by atoms with van der Waals surface area (Å²) in [5, 5.41) is 3.60. The van der Waals surface area contributed by atoms with Gasteiger partial charge in [0.2, 0.25) is 0 Å². The van der Waals surface area contributed by atoms with Crippen LogP contribution in [0.3, 0.4) is 0 Å². The minimum Gasteiger partial charge on any atom is -0.494 e. The molecule has 1 saturated carbocycles. The molecule has 0 saturated heterocycles. The molecule has 2 nitrogen and oxygen atoms in total. The zero-order chi connectivity index (χ0) is 13.7. The van der Waals surface area contributed by atoms with Crippen LogP contribution in [-0.4, -0.2) is 19.2 Å². The van der Waals surface area contributed by atoms with E-state index in [4.69, 9.17) is 4.74 Å². The minimum absolute atomic E-state index is 0.719. The second-order valence-electron chi connectivity index (χ2n) is 5.50. The third-order valence-electron chi connectivity index (χ3n) is 4.26. The Morgan fingerprint density at radius 1 is 1.16 bits per heavy atom. The molecule has 3 unspecified atom stereocenters. The van der Waals surface area contributed by atoms with Gasteiger partial charge < -0.3 is 10.1 Å². The summed E-state index contributed by atoms with van der Waals surface area (Å²) in [5.41, 5.74) is 1.48. The molecule has 0 bridgehead atoms. The van der Waals surface area contributed by atoms with E-state index in [0.717, 1.165) is 43.2 Å². The molecule has 0 aromatic heterocycles. The van der Waals surface area contributed by atoms with Crippen LogP contribution in [0.5, 0.6) is 5.75 Å². The molecule has 1 aliphatic carbocycles. The fourth-order valence-corrected chi connectivity index (χ4v) is 3.19. The maximum absolute atomic E-state index is 5.64. The lowest BCUT2D eigenvalue weighted by Crippen LogP contribution is -2.48. The summed E-state index contributed by atoms with van der Waals surface area (Å²) in [5.74, 6) is 2.53. The van der Waals surface area contributed by atoms with Gasteiger partial charge in [0.1, 0.15) is 5.75 Å². The second kappa shape index (κ2) is 6.95. The van der Waals surface area contributed by atoms with E-state index >= 15 is 0 Å². The van der Waals surface area contributed by atoms with E-state index in [-0.39, 0.29) is 0 Å². The van der Waals surface area contributed by atoms with E-state index in [1.807, 2.05) is 0 Å². The third-order valence-corrected chi connectivity index (χ3v) is 4.26. The van der Waals surface area contributed by atoms with Gasteiger partial charge in [-0.2, -0.15) is 0 Å². The van der Waals surface area contributed by atoms with Gasteiger partial charge in [-0.1, -0.05) is 39.3 Å². The van der Waals surface area contributed by atoms with E-state index in [1.54, 1.807) is 0 Å². The molecular formula is C17H27NO. The lowest BCUT2D eigenvalue weighted by Gasteiger charge is -2.45. The molecule has 2 rings (SSSR count). The number of benzene rings is 1. The highest BCUT2D eigenvalue weighted by molar-refractivity contribution is 5.32. The molecule has 106 valence electrons. The van der Waals surface area contributed by atoms with Gasteiger partial charge >= 0.3 is 0 Å². The Bertz CT molecular complexity index is 373. The zero-order valence-corrected chi connectivity index (χ0v) is 12.5. The molecule has 0 heterocycles. The number of rotatable bonds is 7. The Morgan fingerprint density at radius 3 is 2.47 bits per heavy atom. The molecule has 1 N–H and O–H groups in total. The van der Waals surface area contributed by atoms with Crippen molar-refractivity contribution in [3.05, 3.63) is 29.8 Å². The third kappa shape index (κ3) is 3.30. The number of ether oxygens (including phenoxy) is 1. The summed E-state index contributed by atoms with van der Waals surface area (Å²) in [6.45, 7) is 8.52. The predicted molar refractivity (Wildman–Crippen MR) is 80.8 cm³/mol. The molecule has 1 aromatic carbocycles. The number of nitrogens with one attached hydrogen (secondary N) is 1. The molecular weight excluding hydrogens is 234 g/mol. The van der Waals surface area contributed by atoms with Crippen molar-refractivity contribution < 1.29 is 4.74 Å². The average Bonchev–Trinajstić information content (AvgIpc) is 2.42. The van der Waals surface area contributed by atoms with Crippen molar-refractivity contribution in [2.45, 2.75) is 52.0 Å². The van der Waals surface area contributed by atoms with Crippen molar-refractivity contribution in [1.29, 1.82) is 0 Å². The first-order valence-electron chi connectivity index (χ1n) is 7.76. The van der Waals surface area contributed by atoms with E-state index in [9.17, 15) is 0 Å². The summed E-state index contributed by atoms with van der Waals surface area (Å²) >= 11 is 0. The van der Waals surface area contributed by atoms with Crippen molar-refractivity contribution >= 4 is 0 Å². The van der Waals surface area contributed by atoms with Gasteiger partial charge in [0.15, 0.2) is 0 Å². The molecule has 19 heavy (non-hydrogen) atoms. The monoisotopic (exact) mass is 261 g/mol. The van der Waals surface area contributed by atoms with Crippen LogP contribution in [0.1, 0.15) is 51.5 Å². The summed E-state index contributed by atoms with van der Waals surface area (Å²) in [6.07, 6.45) is 3.60. The van der Waals surface area contributed by atoms with Gasteiger partial charge in [0.25, 0.3) is 0 Å².